The Bertz CT molecular complexity index is 910. The number of benzene rings is 1. The van der Waals surface area contributed by atoms with E-state index in [0.29, 0.717) is 23.4 Å². The summed E-state index contributed by atoms with van der Waals surface area (Å²) in [6.45, 7) is 4.85. The molecular formula is C28H34O2. The van der Waals surface area contributed by atoms with Gasteiger partial charge in [0, 0.05) is 12.3 Å². The number of rotatable bonds is 3. The molecule has 0 aliphatic heterocycles. The van der Waals surface area contributed by atoms with E-state index in [4.69, 9.17) is 0 Å². The molecule has 5 rings (SSSR count). The Labute approximate surface area is 180 Å². The normalized spacial score (nSPS) is 40.5. The third kappa shape index (κ3) is 3.06. The maximum absolute atomic E-state index is 13.2. The molecule has 0 unspecified atom stereocenters. The van der Waals surface area contributed by atoms with Crippen LogP contribution < -0.4 is 0 Å². The minimum absolute atomic E-state index is 0.140. The summed E-state index contributed by atoms with van der Waals surface area (Å²) in [5.41, 5.74) is 2.88. The summed E-state index contributed by atoms with van der Waals surface area (Å²) in [4.78, 5) is 25.2. The second-order valence-electron chi connectivity index (χ2n) is 10.8. The predicted octanol–water partition coefficient (Wildman–Crippen LogP) is 6.42. The molecule has 3 fully saturated rings. The Morgan fingerprint density at radius 3 is 2.57 bits per heavy atom. The fourth-order valence-corrected chi connectivity index (χ4v) is 7.89. The van der Waals surface area contributed by atoms with E-state index in [9.17, 15) is 9.59 Å². The van der Waals surface area contributed by atoms with Crippen LogP contribution in [0.4, 0.5) is 0 Å². The Kier molecular flexibility index (Phi) is 4.87. The van der Waals surface area contributed by atoms with Crippen LogP contribution in [0.25, 0.3) is 6.08 Å². The molecule has 30 heavy (non-hydrogen) atoms. The molecule has 6 atom stereocenters. The van der Waals surface area contributed by atoms with E-state index < -0.39 is 0 Å². The number of carbonyl (C=O) groups excluding carboxylic acids is 2. The van der Waals surface area contributed by atoms with Gasteiger partial charge in [0.05, 0.1) is 0 Å². The number of hydrogen-bond acceptors (Lipinski definition) is 2. The summed E-state index contributed by atoms with van der Waals surface area (Å²) in [5, 5.41) is 0. The lowest BCUT2D eigenvalue weighted by molar-refractivity contribution is -0.126. The number of fused-ring (bicyclic) bond motifs is 5. The highest BCUT2D eigenvalue weighted by atomic mass is 16.1. The van der Waals surface area contributed by atoms with E-state index in [1.54, 1.807) is 0 Å². The van der Waals surface area contributed by atoms with Gasteiger partial charge in [-0.05, 0) is 91.2 Å². The second-order valence-corrected chi connectivity index (χ2v) is 10.8. The number of allylic oxidation sites excluding steroid dienone is 2. The Hall–Kier alpha value is -1.96. The molecular weight excluding hydrogens is 368 g/mol. The van der Waals surface area contributed by atoms with Gasteiger partial charge in [-0.25, -0.2) is 0 Å². The Morgan fingerprint density at radius 1 is 0.967 bits per heavy atom. The lowest BCUT2D eigenvalue weighted by Crippen LogP contribution is -2.51. The third-order valence-electron chi connectivity index (χ3n) is 9.55. The van der Waals surface area contributed by atoms with Gasteiger partial charge in [-0.3, -0.25) is 9.59 Å². The number of ketones is 2. The van der Waals surface area contributed by atoms with Gasteiger partial charge in [0.15, 0.2) is 11.6 Å². The average molecular weight is 403 g/mol. The Balaban J connectivity index is 1.37. The molecule has 4 aliphatic rings. The monoisotopic (exact) mass is 402 g/mol. The lowest BCUT2D eigenvalue weighted by Gasteiger charge is -2.58. The van der Waals surface area contributed by atoms with Crippen LogP contribution in [0.1, 0.15) is 70.8 Å². The van der Waals surface area contributed by atoms with Crippen LogP contribution in [-0.2, 0) is 9.59 Å². The molecule has 0 radical (unpaired) electrons. The molecule has 2 heteroatoms. The molecule has 1 aromatic carbocycles. The molecule has 0 saturated heterocycles. The highest BCUT2D eigenvalue weighted by Gasteiger charge is 2.59. The number of carbonyl (C=O) groups is 2. The summed E-state index contributed by atoms with van der Waals surface area (Å²) < 4.78 is 0. The van der Waals surface area contributed by atoms with Crippen molar-refractivity contribution in [3.63, 3.8) is 0 Å². The van der Waals surface area contributed by atoms with Gasteiger partial charge >= 0.3 is 0 Å². The minimum Gasteiger partial charge on any atom is -0.295 e. The van der Waals surface area contributed by atoms with Gasteiger partial charge in [0.25, 0.3) is 0 Å². The molecule has 2 nitrogen and oxygen atoms in total. The molecule has 0 N–H and O–H groups in total. The van der Waals surface area contributed by atoms with Crippen molar-refractivity contribution in [1.29, 1.82) is 0 Å². The first-order chi connectivity index (χ1) is 14.4. The molecule has 3 saturated carbocycles. The van der Waals surface area contributed by atoms with Crippen LogP contribution in [-0.4, -0.2) is 11.6 Å². The Morgan fingerprint density at radius 2 is 1.77 bits per heavy atom. The molecule has 0 spiro atoms. The first kappa shape index (κ1) is 20.0. The van der Waals surface area contributed by atoms with Crippen LogP contribution in [0, 0.1) is 34.5 Å². The molecule has 0 bridgehead atoms. The van der Waals surface area contributed by atoms with Crippen molar-refractivity contribution < 1.29 is 9.59 Å². The maximum atomic E-state index is 13.2. The summed E-state index contributed by atoms with van der Waals surface area (Å²) in [5.74, 6) is 2.89. The van der Waals surface area contributed by atoms with E-state index in [0.717, 1.165) is 43.6 Å². The third-order valence-corrected chi connectivity index (χ3v) is 9.55. The second kappa shape index (κ2) is 7.32. The van der Waals surface area contributed by atoms with Gasteiger partial charge in [0.2, 0.25) is 0 Å². The van der Waals surface area contributed by atoms with Crippen LogP contribution in [0.15, 0.2) is 48.1 Å². The highest BCUT2D eigenvalue weighted by Crippen LogP contribution is 2.66. The van der Waals surface area contributed by atoms with Gasteiger partial charge in [-0.15, -0.1) is 0 Å². The van der Waals surface area contributed by atoms with Gasteiger partial charge in [0.1, 0.15) is 0 Å². The van der Waals surface area contributed by atoms with Crippen molar-refractivity contribution in [2.45, 2.75) is 65.2 Å². The quantitative estimate of drug-likeness (QED) is 0.547. The van der Waals surface area contributed by atoms with Gasteiger partial charge in [-0.2, -0.15) is 0 Å². The number of hydrogen-bond donors (Lipinski definition) is 0. The summed E-state index contributed by atoms with van der Waals surface area (Å²) in [6, 6.07) is 10.1. The standard InChI is InChI=1S/C28H34O2/c1-27-16-14-21(29)18-20(27)9-10-22-23-11-12-25(28(23,2)17-15-24(22)27)26(30)13-8-19-6-4-3-5-7-19/h3-8,13,18,22-25H,9-12,14-17H2,1-2H3/t22-,23-,24-,25+,27-,28-/m0/s1. The van der Waals surface area contributed by atoms with E-state index in [1.807, 2.05) is 36.4 Å². The molecule has 0 heterocycles. The maximum Gasteiger partial charge on any atom is 0.159 e. The molecule has 4 aliphatic carbocycles. The minimum atomic E-state index is 0.140. The highest BCUT2D eigenvalue weighted by molar-refractivity contribution is 5.96. The van der Waals surface area contributed by atoms with E-state index in [1.165, 1.54) is 24.8 Å². The molecule has 158 valence electrons. The van der Waals surface area contributed by atoms with E-state index in [2.05, 4.69) is 26.0 Å². The lowest BCUT2D eigenvalue weighted by atomic mass is 9.46. The smallest absolute Gasteiger partial charge is 0.159 e. The summed E-state index contributed by atoms with van der Waals surface area (Å²) in [7, 11) is 0. The molecule has 0 amide bonds. The van der Waals surface area contributed by atoms with Crippen molar-refractivity contribution in [1.82, 2.24) is 0 Å². The molecule has 1 aromatic rings. The van der Waals surface area contributed by atoms with Crippen molar-refractivity contribution in [2.75, 3.05) is 0 Å². The summed E-state index contributed by atoms with van der Waals surface area (Å²) >= 11 is 0. The zero-order valence-electron chi connectivity index (χ0n) is 18.4. The van der Waals surface area contributed by atoms with Crippen molar-refractivity contribution in [2.24, 2.45) is 34.5 Å². The largest absolute Gasteiger partial charge is 0.295 e. The zero-order valence-corrected chi connectivity index (χ0v) is 18.4. The molecule has 0 aromatic heterocycles. The van der Waals surface area contributed by atoms with Crippen LogP contribution in [0.3, 0.4) is 0 Å². The van der Waals surface area contributed by atoms with Crippen molar-refractivity contribution in [3.8, 4) is 0 Å². The fourth-order valence-electron chi connectivity index (χ4n) is 7.89. The van der Waals surface area contributed by atoms with Gasteiger partial charge < -0.3 is 0 Å². The first-order valence-corrected chi connectivity index (χ1v) is 11.9. The zero-order chi connectivity index (χ0) is 20.9. The van der Waals surface area contributed by atoms with Crippen LogP contribution in [0.5, 0.6) is 0 Å². The first-order valence-electron chi connectivity index (χ1n) is 11.9. The predicted molar refractivity (Wildman–Crippen MR) is 121 cm³/mol. The van der Waals surface area contributed by atoms with Crippen LogP contribution >= 0.6 is 0 Å². The van der Waals surface area contributed by atoms with E-state index >= 15 is 0 Å². The fraction of sp³-hybridized carbons (Fsp3) is 0.571. The average Bonchev–Trinajstić information content (AvgIpc) is 3.10. The van der Waals surface area contributed by atoms with Crippen molar-refractivity contribution in [3.05, 3.63) is 53.6 Å². The van der Waals surface area contributed by atoms with Gasteiger partial charge in [-0.1, -0.05) is 55.8 Å². The summed E-state index contributed by atoms with van der Waals surface area (Å²) in [6.07, 6.45) is 14.5. The topological polar surface area (TPSA) is 34.1 Å². The van der Waals surface area contributed by atoms with E-state index in [-0.39, 0.29) is 16.7 Å². The van der Waals surface area contributed by atoms with Crippen molar-refractivity contribution >= 4 is 17.6 Å². The van der Waals surface area contributed by atoms with Crippen LogP contribution in [0.2, 0.25) is 0 Å². The SMILES string of the molecule is C[C@]12CC[C@H]3[C@@H](CCC4=CC(=O)CC[C@@]43C)[C@@H]1CC[C@@H]2C(=O)C=Cc1ccccc1.